The van der Waals surface area contributed by atoms with Crippen LogP contribution in [0.2, 0.25) is 0 Å². The smallest absolute Gasteiger partial charge is 0.175 e. The highest BCUT2D eigenvalue weighted by atomic mass is 32.2. The lowest BCUT2D eigenvalue weighted by atomic mass is 9.70. The van der Waals surface area contributed by atoms with E-state index < -0.39 is 9.84 Å². The predicted octanol–water partition coefficient (Wildman–Crippen LogP) is 5.48. The number of fused-ring (bicyclic) bond motifs is 1. The van der Waals surface area contributed by atoms with Crippen LogP contribution in [0.1, 0.15) is 49.3 Å². The fraction of sp³-hybridized carbons (Fsp3) is 0.455. The van der Waals surface area contributed by atoms with E-state index in [1.165, 1.54) is 57.3 Å². The summed E-state index contributed by atoms with van der Waals surface area (Å²) in [5, 5.41) is 0. The standard InChI is InChI=1S/C33H37N5O2S/c1-22-16-29(24-8-6-23(7-9-24)17-36-18-33(19-36)20-37(21-33)26-4-3-5-26)34-32-30(22)35-31(38(32)27-12-13-27)25-10-14-28(15-11-25)41(2,39)40/h6-11,14-16,26-27H,3-5,12-13,17-21H2,1-2H3. The second kappa shape index (κ2) is 9.21. The van der Waals surface area contributed by atoms with Crippen molar-refractivity contribution in [2.75, 3.05) is 32.4 Å². The first kappa shape index (κ1) is 25.6. The third-order valence-corrected chi connectivity index (χ3v) is 10.9. The molecule has 0 N–H and O–H groups in total. The van der Waals surface area contributed by atoms with Crippen LogP contribution in [0.15, 0.2) is 59.5 Å². The molecule has 0 unspecified atom stereocenters. The summed E-state index contributed by atoms with van der Waals surface area (Å²) in [5.41, 5.74) is 7.87. The van der Waals surface area contributed by atoms with Gasteiger partial charge in [-0.05, 0) is 74.1 Å². The van der Waals surface area contributed by atoms with Crippen LogP contribution in [0, 0.1) is 12.3 Å². The maximum absolute atomic E-state index is 12.0. The average molecular weight is 568 g/mol. The Balaban J connectivity index is 1.02. The lowest BCUT2D eigenvalue weighted by molar-refractivity contribution is -0.142. The van der Waals surface area contributed by atoms with Crippen LogP contribution in [-0.4, -0.2) is 71.2 Å². The van der Waals surface area contributed by atoms with Crippen molar-refractivity contribution in [3.05, 3.63) is 65.7 Å². The van der Waals surface area contributed by atoms with Crippen molar-refractivity contribution < 1.29 is 8.42 Å². The Morgan fingerprint density at radius 2 is 1.54 bits per heavy atom. The normalized spacial score (nSPS) is 21.1. The van der Waals surface area contributed by atoms with Gasteiger partial charge in [0, 0.05) is 67.6 Å². The first-order valence-corrected chi connectivity index (χ1v) is 16.9. The number of likely N-dealkylation sites (tertiary alicyclic amines) is 2. The molecule has 4 heterocycles. The zero-order valence-electron chi connectivity index (χ0n) is 23.9. The van der Waals surface area contributed by atoms with E-state index in [0.29, 0.717) is 16.4 Å². The molecule has 212 valence electrons. The first-order chi connectivity index (χ1) is 19.7. The Hall–Kier alpha value is -3.07. The van der Waals surface area contributed by atoms with Crippen molar-refractivity contribution in [1.29, 1.82) is 0 Å². The monoisotopic (exact) mass is 567 g/mol. The van der Waals surface area contributed by atoms with E-state index in [0.717, 1.165) is 64.8 Å². The molecule has 0 bridgehead atoms. The van der Waals surface area contributed by atoms with Gasteiger partial charge in [-0.15, -0.1) is 0 Å². The molecule has 4 fully saturated rings. The average Bonchev–Trinajstić information content (AvgIpc) is 3.64. The highest BCUT2D eigenvalue weighted by Crippen LogP contribution is 2.44. The van der Waals surface area contributed by atoms with Gasteiger partial charge >= 0.3 is 0 Å². The van der Waals surface area contributed by atoms with E-state index >= 15 is 0 Å². The summed E-state index contributed by atoms with van der Waals surface area (Å²) in [4.78, 5) is 15.8. The Bertz CT molecular complexity index is 1740. The van der Waals surface area contributed by atoms with Crippen LogP contribution in [0.25, 0.3) is 33.8 Å². The minimum absolute atomic E-state index is 0.322. The van der Waals surface area contributed by atoms with E-state index in [9.17, 15) is 8.42 Å². The van der Waals surface area contributed by atoms with Crippen molar-refractivity contribution in [3.8, 4) is 22.6 Å². The molecule has 8 rings (SSSR count). The Morgan fingerprint density at radius 3 is 2.15 bits per heavy atom. The number of rotatable bonds is 7. The van der Waals surface area contributed by atoms with Crippen molar-refractivity contribution >= 4 is 21.0 Å². The number of benzene rings is 2. The molecule has 7 nitrogen and oxygen atoms in total. The Kier molecular flexibility index (Phi) is 5.76. The van der Waals surface area contributed by atoms with E-state index in [1.54, 1.807) is 12.1 Å². The van der Waals surface area contributed by atoms with Crippen LogP contribution in [0.3, 0.4) is 0 Å². The van der Waals surface area contributed by atoms with Gasteiger partial charge < -0.3 is 4.57 Å². The highest BCUT2D eigenvalue weighted by molar-refractivity contribution is 7.90. The maximum atomic E-state index is 12.0. The minimum Gasteiger partial charge on any atom is -0.306 e. The molecule has 2 saturated carbocycles. The number of hydrogen-bond donors (Lipinski definition) is 0. The Labute approximate surface area is 242 Å². The molecule has 2 saturated heterocycles. The van der Waals surface area contributed by atoms with Crippen LogP contribution in [-0.2, 0) is 16.4 Å². The molecule has 4 aliphatic rings. The Morgan fingerprint density at radius 1 is 0.854 bits per heavy atom. The number of aryl methyl sites for hydroxylation is 1. The second-order valence-corrected chi connectivity index (χ2v) is 15.2. The quantitative estimate of drug-likeness (QED) is 0.295. The van der Waals surface area contributed by atoms with Gasteiger partial charge in [-0.25, -0.2) is 18.4 Å². The molecule has 41 heavy (non-hydrogen) atoms. The van der Waals surface area contributed by atoms with Gasteiger partial charge in [0.25, 0.3) is 0 Å². The SMILES string of the molecule is Cc1cc(-c2ccc(CN3CC4(C3)CN(C3CCC3)C4)cc2)nc2c1nc(-c1ccc(S(C)(=O)=O)cc1)n2C1CC1. The maximum Gasteiger partial charge on any atom is 0.175 e. The fourth-order valence-corrected chi connectivity index (χ4v) is 7.81. The van der Waals surface area contributed by atoms with Crippen molar-refractivity contribution in [2.24, 2.45) is 5.41 Å². The second-order valence-electron chi connectivity index (χ2n) is 13.2. The number of hydrogen-bond acceptors (Lipinski definition) is 6. The third-order valence-electron chi connectivity index (χ3n) is 9.73. The van der Waals surface area contributed by atoms with Crippen molar-refractivity contribution in [2.45, 2.75) is 62.6 Å². The van der Waals surface area contributed by atoms with Crippen LogP contribution >= 0.6 is 0 Å². The molecule has 0 amide bonds. The summed E-state index contributed by atoms with van der Waals surface area (Å²) >= 11 is 0. The molecule has 0 radical (unpaired) electrons. The van der Waals surface area contributed by atoms with Gasteiger partial charge in [0.05, 0.1) is 10.6 Å². The van der Waals surface area contributed by atoms with E-state index in [1.807, 2.05) is 12.1 Å². The molecule has 1 spiro atoms. The topological polar surface area (TPSA) is 71.3 Å². The third kappa shape index (κ3) is 4.51. The molecular weight excluding hydrogens is 530 g/mol. The summed E-state index contributed by atoms with van der Waals surface area (Å²) in [6, 6.07) is 19.4. The summed E-state index contributed by atoms with van der Waals surface area (Å²) in [6.45, 7) is 8.22. The predicted molar refractivity (Wildman–Crippen MR) is 161 cm³/mol. The number of aromatic nitrogens is 3. The highest BCUT2D eigenvalue weighted by Gasteiger charge is 2.53. The lowest BCUT2D eigenvalue weighted by Crippen LogP contribution is -2.73. The van der Waals surface area contributed by atoms with Crippen molar-refractivity contribution in [1.82, 2.24) is 24.3 Å². The van der Waals surface area contributed by atoms with Gasteiger partial charge in [-0.1, -0.05) is 30.7 Å². The summed E-state index contributed by atoms with van der Waals surface area (Å²) < 4.78 is 26.2. The van der Waals surface area contributed by atoms with Gasteiger partial charge in [0.15, 0.2) is 15.5 Å². The summed E-state index contributed by atoms with van der Waals surface area (Å²) in [6.07, 6.45) is 7.71. The van der Waals surface area contributed by atoms with Gasteiger partial charge in [-0.2, -0.15) is 0 Å². The summed E-state index contributed by atoms with van der Waals surface area (Å²) in [5.74, 6) is 0.861. The van der Waals surface area contributed by atoms with Gasteiger partial charge in [0.1, 0.15) is 11.3 Å². The largest absolute Gasteiger partial charge is 0.306 e. The van der Waals surface area contributed by atoms with Crippen LogP contribution < -0.4 is 0 Å². The number of sulfone groups is 1. The lowest BCUT2D eigenvalue weighted by Gasteiger charge is -2.63. The number of pyridine rings is 1. The molecule has 2 aromatic heterocycles. The van der Waals surface area contributed by atoms with E-state index in [4.69, 9.17) is 9.97 Å². The van der Waals surface area contributed by atoms with Gasteiger partial charge in [-0.3, -0.25) is 9.80 Å². The first-order valence-electron chi connectivity index (χ1n) is 15.0. The zero-order chi connectivity index (χ0) is 27.9. The summed E-state index contributed by atoms with van der Waals surface area (Å²) in [7, 11) is -3.24. The zero-order valence-corrected chi connectivity index (χ0v) is 24.7. The van der Waals surface area contributed by atoms with E-state index in [2.05, 4.69) is 51.6 Å². The van der Waals surface area contributed by atoms with Crippen LogP contribution in [0.4, 0.5) is 0 Å². The molecule has 8 heteroatoms. The van der Waals surface area contributed by atoms with Crippen molar-refractivity contribution in [3.63, 3.8) is 0 Å². The van der Waals surface area contributed by atoms with Gasteiger partial charge in [0.2, 0.25) is 0 Å². The fourth-order valence-electron chi connectivity index (χ4n) is 7.18. The van der Waals surface area contributed by atoms with E-state index in [-0.39, 0.29) is 0 Å². The number of imidazole rings is 1. The molecule has 0 atom stereocenters. The molecule has 2 aromatic carbocycles. The minimum atomic E-state index is -3.24. The van der Waals surface area contributed by atoms with Crippen LogP contribution in [0.5, 0.6) is 0 Å². The molecule has 4 aromatic rings. The molecule has 2 aliphatic heterocycles. The number of nitrogens with zero attached hydrogens (tertiary/aromatic N) is 5. The molecular formula is C33H37N5O2S. The molecule has 2 aliphatic carbocycles.